The molecule has 0 spiro atoms. The number of esters is 1. The van der Waals surface area contributed by atoms with E-state index in [1.54, 1.807) is 13.0 Å². The average Bonchev–Trinajstić information content (AvgIpc) is 2.11. The zero-order valence-electron chi connectivity index (χ0n) is 8.63. The highest BCUT2D eigenvalue weighted by Gasteiger charge is 2.12. The molecular formula is C11H14O3. The molecule has 1 aromatic carbocycles. The SMILES string of the molecule is CCOC(=O)c1cc(O)cc(C)c1C. The van der Waals surface area contributed by atoms with Gasteiger partial charge in [0.25, 0.3) is 0 Å². The highest BCUT2D eigenvalue weighted by atomic mass is 16.5. The van der Waals surface area contributed by atoms with Crippen LogP contribution in [-0.2, 0) is 4.74 Å². The van der Waals surface area contributed by atoms with E-state index in [2.05, 4.69) is 0 Å². The molecule has 1 aromatic rings. The van der Waals surface area contributed by atoms with E-state index in [1.165, 1.54) is 6.07 Å². The number of ether oxygens (including phenoxy) is 1. The van der Waals surface area contributed by atoms with Gasteiger partial charge < -0.3 is 9.84 Å². The van der Waals surface area contributed by atoms with Crippen molar-refractivity contribution in [1.82, 2.24) is 0 Å². The van der Waals surface area contributed by atoms with E-state index in [9.17, 15) is 9.90 Å². The summed E-state index contributed by atoms with van der Waals surface area (Å²) in [4.78, 5) is 11.4. The van der Waals surface area contributed by atoms with Crippen LogP contribution in [0, 0.1) is 13.8 Å². The molecule has 0 aliphatic rings. The van der Waals surface area contributed by atoms with Crippen molar-refractivity contribution in [1.29, 1.82) is 0 Å². The molecule has 0 aliphatic carbocycles. The average molecular weight is 194 g/mol. The molecule has 0 atom stereocenters. The Hall–Kier alpha value is -1.51. The van der Waals surface area contributed by atoms with Crippen LogP contribution < -0.4 is 0 Å². The second-order valence-electron chi connectivity index (χ2n) is 3.16. The minimum Gasteiger partial charge on any atom is -0.508 e. The summed E-state index contributed by atoms with van der Waals surface area (Å²) in [6, 6.07) is 3.05. The Balaban J connectivity index is 3.13. The first kappa shape index (κ1) is 10.6. The molecule has 3 heteroatoms. The molecular weight excluding hydrogens is 180 g/mol. The quantitative estimate of drug-likeness (QED) is 0.734. The zero-order chi connectivity index (χ0) is 10.7. The van der Waals surface area contributed by atoms with E-state index in [-0.39, 0.29) is 11.7 Å². The van der Waals surface area contributed by atoms with Crippen LogP contribution in [0.25, 0.3) is 0 Å². The zero-order valence-corrected chi connectivity index (χ0v) is 8.63. The second kappa shape index (κ2) is 4.13. The molecule has 0 unspecified atom stereocenters. The smallest absolute Gasteiger partial charge is 0.338 e. The molecule has 0 bridgehead atoms. The van der Waals surface area contributed by atoms with E-state index < -0.39 is 0 Å². The van der Waals surface area contributed by atoms with Crippen molar-refractivity contribution < 1.29 is 14.6 Å². The summed E-state index contributed by atoms with van der Waals surface area (Å²) in [5.41, 5.74) is 2.17. The lowest BCUT2D eigenvalue weighted by Gasteiger charge is -2.08. The largest absolute Gasteiger partial charge is 0.508 e. The number of carbonyl (C=O) groups is 1. The summed E-state index contributed by atoms with van der Waals surface area (Å²) in [6.07, 6.45) is 0. The van der Waals surface area contributed by atoms with Crippen LogP contribution in [0.4, 0.5) is 0 Å². The topological polar surface area (TPSA) is 46.5 Å². The monoisotopic (exact) mass is 194 g/mol. The molecule has 1 rings (SSSR count). The standard InChI is InChI=1S/C11H14O3/c1-4-14-11(13)10-6-9(12)5-7(2)8(10)3/h5-6,12H,4H2,1-3H3. The van der Waals surface area contributed by atoms with Crippen LogP contribution in [0.15, 0.2) is 12.1 Å². The van der Waals surface area contributed by atoms with E-state index in [1.807, 2.05) is 13.8 Å². The molecule has 0 aliphatic heterocycles. The highest BCUT2D eigenvalue weighted by Crippen LogP contribution is 2.21. The van der Waals surface area contributed by atoms with E-state index >= 15 is 0 Å². The Morgan fingerprint density at radius 2 is 2.07 bits per heavy atom. The Bertz CT molecular complexity index is 356. The Morgan fingerprint density at radius 3 is 2.64 bits per heavy atom. The maximum atomic E-state index is 11.4. The van der Waals surface area contributed by atoms with E-state index in [0.29, 0.717) is 12.2 Å². The molecule has 1 N–H and O–H groups in total. The van der Waals surface area contributed by atoms with Gasteiger partial charge in [-0.1, -0.05) is 0 Å². The molecule has 0 aromatic heterocycles. The van der Waals surface area contributed by atoms with Gasteiger partial charge in [-0.25, -0.2) is 4.79 Å². The van der Waals surface area contributed by atoms with E-state index in [4.69, 9.17) is 4.74 Å². The number of hydrogen-bond donors (Lipinski definition) is 1. The van der Waals surface area contributed by atoms with Crippen LogP contribution >= 0.6 is 0 Å². The lowest BCUT2D eigenvalue weighted by molar-refractivity contribution is 0.0525. The third kappa shape index (κ3) is 2.05. The first-order chi connectivity index (χ1) is 6.56. The van der Waals surface area contributed by atoms with Crippen LogP contribution in [0.3, 0.4) is 0 Å². The summed E-state index contributed by atoms with van der Waals surface area (Å²) in [5, 5.41) is 9.33. The van der Waals surface area contributed by atoms with Crippen LogP contribution in [0.1, 0.15) is 28.4 Å². The Morgan fingerprint density at radius 1 is 1.43 bits per heavy atom. The summed E-state index contributed by atoms with van der Waals surface area (Å²) < 4.78 is 4.87. The predicted octanol–water partition coefficient (Wildman–Crippen LogP) is 2.19. The van der Waals surface area contributed by atoms with Crippen LogP contribution in [0.5, 0.6) is 5.75 Å². The minimum absolute atomic E-state index is 0.0937. The Labute approximate surface area is 83.3 Å². The van der Waals surface area contributed by atoms with E-state index in [0.717, 1.165) is 11.1 Å². The van der Waals surface area contributed by atoms with Crippen molar-refractivity contribution >= 4 is 5.97 Å². The van der Waals surface area contributed by atoms with Gasteiger partial charge >= 0.3 is 5.97 Å². The molecule has 0 amide bonds. The van der Waals surface area contributed by atoms with Gasteiger partial charge in [-0.05, 0) is 44.0 Å². The number of phenols is 1. The lowest BCUT2D eigenvalue weighted by atomic mass is 10.0. The fraction of sp³-hybridized carbons (Fsp3) is 0.364. The first-order valence-corrected chi connectivity index (χ1v) is 4.53. The number of hydrogen-bond acceptors (Lipinski definition) is 3. The summed E-state index contributed by atoms with van der Waals surface area (Å²) in [7, 11) is 0. The summed E-state index contributed by atoms with van der Waals surface area (Å²) in [5.74, 6) is -0.292. The number of aromatic hydroxyl groups is 1. The first-order valence-electron chi connectivity index (χ1n) is 4.53. The molecule has 0 radical (unpaired) electrons. The van der Waals surface area contributed by atoms with Gasteiger partial charge in [-0.15, -0.1) is 0 Å². The molecule has 0 saturated heterocycles. The second-order valence-corrected chi connectivity index (χ2v) is 3.16. The number of carbonyl (C=O) groups excluding carboxylic acids is 1. The number of phenolic OH excluding ortho intramolecular Hbond substituents is 1. The number of benzene rings is 1. The maximum Gasteiger partial charge on any atom is 0.338 e. The van der Waals surface area contributed by atoms with Crippen molar-refractivity contribution in [2.24, 2.45) is 0 Å². The van der Waals surface area contributed by atoms with Crippen molar-refractivity contribution in [3.05, 3.63) is 28.8 Å². The van der Waals surface area contributed by atoms with Gasteiger partial charge in [0.2, 0.25) is 0 Å². The number of rotatable bonds is 2. The van der Waals surface area contributed by atoms with Crippen molar-refractivity contribution in [3.8, 4) is 5.75 Å². The van der Waals surface area contributed by atoms with Gasteiger partial charge in [0, 0.05) is 0 Å². The van der Waals surface area contributed by atoms with Crippen LogP contribution in [-0.4, -0.2) is 17.7 Å². The van der Waals surface area contributed by atoms with Gasteiger partial charge in [0.1, 0.15) is 5.75 Å². The van der Waals surface area contributed by atoms with Crippen molar-refractivity contribution in [3.63, 3.8) is 0 Å². The van der Waals surface area contributed by atoms with Gasteiger partial charge in [-0.3, -0.25) is 0 Å². The highest BCUT2D eigenvalue weighted by molar-refractivity contribution is 5.91. The van der Waals surface area contributed by atoms with Gasteiger partial charge in [0.05, 0.1) is 12.2 Å². The van der Waals surface area contributed by atoms with Gasteiger partial charge in [0.15, 0.2) is 0 Å². The van der Waals surface area contributed by atoms with Gasteiger partial charge in [-0.2, -0.15) is 0 Å². The fourth-order valence-electron chi connectivity index (χ4n) is 1.26. The summed E-state index contributed by atoms with van der Waals surface area (Å²) in [6.45, 7) is 5.77. The summed E-state index contributed by atoms with van der Waals surface area (Å²) >= 11 is 0. The third-order valence-corrected chi connectivity index (χ3v) is 2.15. The molecule has 0 heterocycles. The molecule has 3 nitrogen and oxygen atoms in total. The van der Waals surface area contributed by atoms with Crippen molar-refractivity contribution in [2.75, 3.05) is 6.61 Å². The third-order valence-electron chi connectivity index (χ3n) is 2.15. The Kier molecular flexibility index (Phi) is 3.12. The maximum absolute atomic E-state index is 11.4. The molecule has 14 heavy (non-hydrogen) atoms. The molecule has 0 saturated carbocycles. The molecule has 0 fully saturated rings. The minimum atomic E-state index is -0.385. The predicted molar refractivity (Wildman–Crippen MR) is 53.5 cm³/mol. The van der Waals surface area contributed by atoms with Crippen LogP contribution in [0.2, 0.25) is 0 Å². The fourth-order valence-corrected chi connectivity index (χ4v) is 1.26. The van der Waals surface area contributed by atoms with Crippen molar-refractivity contribution in [2.45, 2.75) is 20.8 Å². The lowest BCUT2D eigenvalue weighted by Crippen LogP contribution is -2.07. The number of aryl methyl sites for hydroxylation is 1. The molecule has 76 valence electrons. The normalized spacial score (nSPS) is 9.93.